The number of benzene rings is 8. The molecular weight excluding hydrogens is 637 g/mol. The van der Waals surface area contributed by atoms with Crippen molar-refractivity contribution < 1.29 is 9.15 Å². The second-order valence-corrected chi connectivity index (χ2v) is 12.9. The molecule has 0 amide bonds. The van der Waals surface area contributed by atoms with Gasteiger partial charge in [0.25, 0.3) is 0 Å². The van der Waals surface area contributed by atoms with Crippen molar-refractivity contribution in [2.24, 2.45) is 4.99 Å². The third kappa shape index (κ3) is 5.86. The van der Waals surface area contributed by atoms with Gasteiger partial charge in [0.05, 0.1) is 0 Å². The fourth-order valence-electron chi connectivity index (χ4n) is 7.01. The van der Waals surface area contributed by atoms with Crippen LogP contribution in [0.3, 0.4) is 0 Å². The monoisotopic (exact) mass is 670 g/mol. The Morgan fingerprint density at radius 1 is 0.481 bits per heavy atom. The summed E-state index contributed by atoms with van der Waals surface area (Å²) < 4.78 is 12.5. The molecule has 1 aromatic heterocycles. The minimum atomic E-state index is 0.459. The Morgan fingerprint density at radius 3 is 1.81 bits per heavy atom. The number of fused-ring (bicyclic) bond motifs is 4. The van der Waals surface area contributed by atoms with Gasteiger partial charge in [-0.05, 0) is 107 Å². The maximum absolute atomic E-state index is 6.33. The van der Waals surface area contributed by atoms with Crippen molar-refractivity contribution in [2.75, 3.05) is 4.90 Å². The molecule has 0 aliphatic carbocycles. The van der Waals surface area contributed by atoms with Crippen LogP contribution in [0.2, 0.25) is 0 Å². The molecule has 0 unspecified atom stereocenters. The molecule has 9 aromatic rings. The average Bonchev–Trinajstić information content (AvgIpc) is 3.59. The lowest BCUT2D eigenvalue weighted by molar-refractivity contribution is 0.311. The molecule has 4 heteroatoms. The van der Waals surface area contributed by atoms with Crippen LogP contribution in [-0.4, -0.2) is 6.72 Å². The summed E-state index contributed by atoms with van der Waals surface area (Å²) in [6, 6.07) is 63.4. The quantitative estimate of drug-likeness (QED) is 0.143. The van der Waals surface area contributed by atoms with Crippen molar-refractivity contribution in [1.82, 2.24) is 0 Å². The van der Waals surface area contributed by atoms with Gasteiger partial charge >= 0.3 is 0 Å². The van der Waals surface area contributed by atoms with Crippen molar-refractivity contribution in [3.8, 4) is 28.0 Å². The molecular formula is C48H34N2O2. The first-order valence-corrected chi connectivity index (χ1v) is 17.4. The van der Waals surface area contributed by atoms with Crippen LogP contribution in [0, 0.1) is 0 Å². The number of rotatable bonds is 9. The molecule has 0 bridgehead atoms. The van der Waals surface area contributed by atoms with E-state index in [1.165, 1.54) is 11.1 Å². The van der Waals surface area contributed by atoms with Crippen LogP contribution in [0.15, 0.2) is 191 Å². The first kappa shape index (κ1) is 31.1. The Balaban J connectivity index is 1.08. The van der Waals surface area contributed by atoms with E-state index in [0.29, 0.717) is 6.61 Å². The predicted molar refractivity (Wildman–Crippen MR) is 217 cm³/mol. The standard InChI is InChI=1S/C48H34N2O2/c1-49-45-28-21-38-30-37(20-27-42(38)48(45)51-32-33-10-4-2-5-11-33)36-18-24-40(25-19-36)50(39-22-16-35(17-23-39)34-12-6-3-7-13-34)41-26-29-47-44(31-41)43-14-8-9-15-46(43)52-47/h2-31H,1,32H2. The highest BCUT2D eigenvalue weighted by atomic mass is 16.5. The van der Waals surface area contributed by atoms with Crippen LogP contribution >= 0.6 is 0 Å². The molecule has 248 valence electrons. The number of ether oxygens (including phenoxy) is 1. The summed E-state index contributed by atoms with van der Waals surface area (Å²) in [5, 5.41) is 4.29. The van der Waals surface area contributed by atoms with Crippen molar-refractivity contribution in [1.29, 1.82) is 0 Å². The molecule has 0 radical (unpaired) electrons. The van der Waals surface area contributed by atoms with E-state index in [4.69, 9.17) is 9.15 Å². The number of para-hydroxylation sites is 1. The molecule has 1 heterocycles. The molecule has 0 spiro atoms. The van der Waals surface area contributed by atoms with Gasteiger partial charge in [-0.15, -0.1) is 0 Å². The fourth-order valence-corrected chi connectivity index (χ4v) is 7.01. The van der Waals surface area contributed by atoms with Gasteiger partial charge in [0.2, 0.25) is 0 Å². The first-order valence-electron chi connectivity index (χ1n) is 17.4. The zero-order chi connectivity index (χ0) is 34.9. The minimum absolute atomic E-state index is 0.459. The molecule has 52 heavy (non-hydrogen) atoms. The van der Waals surface area contributed by atoms with E-state index in [9.17, 15) is 0 Å². The summed E-state index contributed by atoms with van der Waals surface area (Å²) in [6.07, 6.45) is 0. The second kappa shape index (κ2) is 13.4. The Bertz CT molecular complexity index is 2680. The van der Waals surface area contributed by atoms with Gasteiger partial charge in [-0.3, -0.25) is 4.99 Å². The first-order chi connectivity index (χ1) is 25.7. The van der Waals surface area contributed by atoms with Gasteiger partial charge in [-0.2, -0.15) is 0 Å². The largest absolute Gasteiger partial charge is 0.486 e. The third-order valence-corrected chi connectivity index (χ3v) is 9.66. The summed E-state index contributed by atoms with van der Waals surface area (Å²) in [6.45, 7) is 4.25. The predicted octanol–water partition coefficient (Wildman–Crippen LogP) is 13.5. The van der Waals surface area contributed by atoms with E-state index in [0.717, 1.165) is 77.9 Å². The van der Waals surface area contributed by atoms with Gasteiger partial charge in [0.1, 0.15) is 23.5 Å². The SMILES string of the molecule is C=Nc1ccc2cc(-c3ccc(N(c4ccc(-c5ccccc5)cc4)c4ccc5oc6ccccc6c5c4)cc3)ccc2c1OCc1ccccc1. The molecule has 8 aromatic carbocycles. The molecule has 0 N–H and O–H groups in total. The van der Waals surface area contributed by atoms with Gasteiger partial charge in [-0.25, -0.2) is 0 Å². The maximum Gasteiger partial charge on any atom is 0.153 e. The van der Waals surface area contributed by atoms with E-state index in [-0.39, 0.29) is 0 Å². The van der Waals surface area contributed by atoms with Crippen LogP contribution in [0.4, 0.5) is 22.7 Å². The maximum atomic E-state index is 6.33. The lowest BCUT2D eigenvalue weighted by Gasteiger charge is -2.26. The molecule has 0 saturated carbocycles. The summed E-state index contributed by atoms with van der Waals surface area (Å²) in [5.41, 5.74) is 11.4. The van der Waals surface area contributed by atoms with E-state index in [1.807, 2.05) is 42.5 Å². The van der Waals surface area contributed by atoms with E-state index >= 15 is 0 Å². The van der Waals surface area contributed by atoms with Crippen LogP contribution in [0.1, 0.15) is 5.56 Å². The number of furan rings is 1. The summed E-state index contributed by atoms with van der Waals surface area (Å²) in [5.74, 6) is 0.745. The molecule has 0 aliphatic rings. The zero-order valence-corrected chi connectivity index (χ0v) is 28.4. The zero-order valence-electron chi connectivity index (χ0n) is 28.4. The molecule has 0 atom stereocenters. The van der Waals surface area contributed by atoms with Gasteiger partial charge in [-0.1, -0.05) is 115 Å². The van der Waals surface area contributed by atoms with Crippen LogP contribution in [0.25, 0.3) is 55.0 Å². The number of hydrogen-bond donors (Lipinski definition) is 0. The highest BCUT2D eigenvalue weighted by molar-refractivity contribution is 6.06. The molecule has 9 rings (SSSR count). The number of nitrogens with zero attached hydrogens (tertiary/aromatic N) is 2. The molecule has 0 aliphatic heterocycles. The Hall–Kier alpha value is -6.91. The van der Waals surface area contributed by atoms with E-state index < -0.39 is 0 Å². The lowest BCUT2D eigenvalue weighted by Crippen LogP contribution is -2.09. The second-order valence-electron chi connectivity index (χ2n) is 12.9. The average molecular weight is 671 g/mol. The minimum Gasteiger partial charge on any atom is -0.486 e. The normalized spacial score (nSPS) is 11.2. The Morgan fingerprint density at radius 2 is 1.08 bits per heavy atom. The Labute approximate surface area is 302 Å². The number of aliphatic imine (C=N–C) groups is 1. The van der Waals surface area contributed by atoms with Crippen LogP contribution in [0.5, 0.6) is 5.75 Å². The topological polar surface area (TPSA) is 38.0 Å². The van der Waals surface area contributed by atoms with Gasteiger partial charge in [0, 0.05) is 33.2 Å². The molecule has 0 saturated heterocycles. The van der Waals surface area contributed by atoms with Crippen molar-refractivity contribution >= 4 is 62.2 Å². The van der Waals surface area contributed by atoms with Gasteiger partial charge < -0.3 is 14.1 Å². The lowest BCUT2D eigenvalue weighted by atomic mass is 9.99. The molecule has 0 fully saturated rings. The number of hydrogen-bond acceptors (Lipinski definition) is 4. The fraction of sp³-hybridized carbons (Fsp3) is 0.0208. The number of anilines is 3. The van der Waals surface area contributed by atoms with E-state index in [2.05, 4.69) is 156 Å². The van der Waals surface area contributed by atoms with Crippen molar-refractivity contribution in [3.63, 3.8) is 0 Å². The van der Waals surface area contributed by atoms with E-state index in [1.54, 1.807) is 0 Å². The van der Waals surface area contributed by atoms with Crippen LogP contribution in [-0.2, 0) is 6.61 Å². The van der Waals surface area contributed by atoms with Crippen molar-refractivity contribution in [2.45, 2.75) is 6.61 Å². The van der Waals surface area contributed by atoms with Crippen LogP contribution < -0.4 is 9.64 Å². The molecule has 4 nitrogen and oxygen atoms in total. The van der Waals surface area contributed by atoms with Gasteiger partial charge in [0.15, 0.2) is 5.75 Å². The van der Waals surface area contributed by atoms with Crippen molar-refractivity contribution in [3.05, 3.63) is 188 Å². The highest BCUT2D eigenvalue weighted by Gasteiger charge is 2.17. The Kier molecular flexibility index (Phi) is 8.03. The smallest absolute Gasteiger partial charge is 0.153 e. The third-order valence-electron chi connectivity index (χ3n) is 9.66. The summed E-state index contributed by atoms with van der Waals surface area (Å²) in [4.78, 5) is 6.56. The summed E-state index contributed by atoms with van der Waals surface area (Å²) in [7, 11) is 0. The highest BCUT2D eigenvalue weighted by Crippen LogP contribution is 2.41. The summed E-state index contributed by atoms with van der Waals surface area (Å²) >= 11 is 0.